The Bertz CT molecular complexity index is 955. The van der Waals surface area contributed by atoms with E-state index in [1.54, 1.807) is 0 Å². The number of nitrogens with zero attached hydrogens (tertiary/aromatic N) is 2. The number of carbonyl (C=O) groups is 1. The maximum absolute atomic E-state index is 14.2. The molecule has 0 saturated carbocycles. The molecule has 2 aromatic rings. The fourth-order valence-electron chi connectivity index (χ4n) is 2.82. The van der Waals surface area contributed by atoms with E-state index in [0.29, 0.717) is 4.57 Å². The molecule has 8 nitrogen and oxygen atoms in total. The maximum atomic E-state index is 14.2. The molecule has 2 N–H and O–H groups in total. The topological polar surface area (TPSA) is 111 Å². The second-order valence-corrected chi connectivity index (χ2v) is 6.04. The van der Waals surface area contributed by atoms with E-state index in [1.165, 1.54) is 12.1 Å². The third-order valence-electron chi connectivity index (χ3n) is 4.31. The second kappa shape index (κ2) is 7.51. The number of hydrogen-bond acceptors (Lipinski definition) is 6. The van der Waals surface area contributed by atoms with Gasteiger partial charge in [-0.15, -0.1) is 0 Å². The van der Waals surface area contributed by atoms with Crippen LogP contribution in [0.1, 0.15) is 16.6 Å². The molecule has 1 saturated heterocycles. The molecular formula is C17H16F2N2O6. The molecule has 1 aromatic carbocycles. The summed E-state index contributed by atoms with van der Waals surface area (Å²) in [6.45, 7) is -1.30. The molecule has 1 aromatic heterocycles. The highest BCUT2D eigenvalue weighted by molar-refractivity contribution is 5.95. The van der Waals surface area contributed by atoms with Crippen LogP contribution < -0.4 is 11.2 Å². The van der Waals surface area contributed by atoms with E-state index in [4.69, 9.17) is 9.84 Å². The van der Waals surface area contributed by atoms with Crippen molar-refractivity contribution >= 4 is 5.78 Å². The zero-order valence-electron chi connectivity index (χ0n) is 13.9. The number of aliphatic hydroxyl groups is 2. The van der Waals surface area contributed by atoms with Gasteiger partial charge in [0.2, 0.25) is 0 Å². The minimum absolute atomic E-state index is 0.0920. The van der Waals surface area contributed by atoms with Gasteiger partial charge in [0.15, 0.2) is 18.2 Å². The summed E-state index contributed by atoms with van der Waals surface area (Å²) in [5.74, 6) is -1.17. The summed E-state index contributed by atoms with van der Waals surface area (Å²) in [4.78, 5) is 36.8. The fraction of sp³-hybridized carbons (Fsp3) is 0.353. The minimum Gasteiger partial charge on any atom is -0.394 e. The van der Waals surface area contributed by atoms with Crippen molar-refractivity contribution in [1.82, 2.24) is 9.13 Å². The quantitative estimate of drug-likeness (QED) is 0.682. The summed E-state index contributed by atoms with van der Waals surface area (Å²) in [6.07, 6.45) is -5.45. The highest BCUT2D eigenvalue weighted by Gasteiger charge is 2.45. The Kier molecular flexibility index (Phi) is 5.31. The van der Waals surface area contributed by atoms with Crippen molar-refractivity contribution in [2.75, 3.05) is 6.61 Å². The molecule has 27 heavy (non-hydrogen) atoms. The van der Waals surface area contributed by atoms with Crippen LogP contribution in [0.15, 0.2) is 46.1 Å². The number of aliphatic hydroxyl groups excluding tert-OH is 2. The molecule has 0 spiro atoms. The lowest BCUT2D eigenvalue weighted by molar-refractivity contribution is -0.0496. The van der Waals surface area contributed by atoms with E-state index >= 15 is 0 Å². The lowest BCUT2D eigenvalue weighted by Gasteiger charge is -2.17. The van der Waals surface area contributed by atoms with E-state index in [-0.39, 0.29) is 5.56 Å². The first-order valence-electron chi connectivity index (χ1n) is 8.02. The molecule has 0 aliphatic carbocycles. The van der Waals surface area contributed by atoms with Crippen molar-refractivity contribution in [3.05, 3.63) is 68.7 Å². The van der Waals surface area contributed by atoms with Crippen LogP contribution >= 0.6 is 0 Å². The van der Waals surface area contributed by atoms with Gasteiger partial charge in [0.25, 0.3) is 5.56 Å². The van der Waals surface area contributed by atoms with E-state index < -0.39 is 60.6 Å². The van der Waals surface area contributed by atoms with Crippen LogP contribution in [-0.4, -0.2) is 50.1 Å². The molecular weight excluding hydrogens is 366 g/mol. The number of hydrogen-bond donors (Lipinski definition) is 2. The second-order valence-electron chi connectivity index (χ2n) is 6.04. The Morgan fingerprint density at radius 1 is 1.19 bits per heavy atom. The third-order valence-corrected chi connectivity index (χ3v) is 4.31. The van der Waals surface area contributed by atoms with Crippen molar-refractivity contribution in [3.8, 4) is 0 Å². The van der Waals surface area contributed by atoms with Gasteiger partial charge in [-0.1, -0.05) is 0 Å². The van der Waals surface area contributed by atoms with Crippen LogP contribution in [-0.2, 0) is 11.3 Å². The minimum atomic E-state index is -2.02. The number of rotatable bonds is 5. The largest absolute Gasteiger partial charge is 0.394 e. The Labute approximate surface area is 150 Å². The molecule has 10 heteroatoms. The summed E-state index contributed by atoms with van der Waals surface area (Å²) < 4.78 is 33.7. The average Bonchev–Trinajstić information content (AvgIpc) is 2.94. The molecule has 1 aliphatic rings. The number of aromatic nitrogens is 2. The van der Waals surface area contributed by atoms with Gasteiger partial charge in [0.1, 0.15) is 18.0 Å². The molecule has 0 amide bonds. The zero-order valence-corrected chi connectivity index (χ0v) is 13.9. The molecule has 4 atom stereocenters. The average molecular weight is 382 g/mol. The van der Waals surface area contributed by atoms with Crippen LogP contribution in [0.3, 0.4) is 0 Å². The van der Waals surface area contributed by atoms with Crippen LogP contribution in [0.4, 0.5) is 8.78 Å². The van der Waals surface area contributed by atoms with Gasteiger partial charge in [0, 0.05) is 17.8 Å². The molecule has 0 bridgehead atoms. The van der Waals surface area contributed by atoms with Crippen molar-refractivity contribution in [2.24, 2.45) is 0 Å². The van der Waals surface area contributed by atoms with Crippen molar-refractivity contribution in [2.45, 2.75) is 31.2 Å². The number of halogens is 2. The van der Waals surface area contributed by atoms with Crippen LogP contribution in [0, 0.1) is 5.82 Å². The Morgan fingerprint density at radius 2 is 1.85 bits per heavy atom. The first-order valence-corrected chi connectivity index (χ1v) is 8.02. The summed E-state index contributed by atoms with van der Waals surface area (Å²) in [7, 11) is 0. The monoisotopic (exact) mass is 382 g/mol. The van der Waals surface area contributed by atoms with Gasteiger partial charge in [-0.2, -0.15) is 0 Å². The Morgan fingerprint density at radius 3 is 2.44 bits per heavy atom. The summed E-state index contributed by atoms with van der Waals surface area (Å²) in [6, 6.07) is 5.51. The normalized spacial score (nSPS) is 24.9. The summed E-state index contributed by atoms with van der Waals surface area (Å²) in [5, 5.41) is 18.8. The first-order chi connectivity index (χ1) is 12.8. The standard InChI is InChI=1S/C17H16F2N2O6/c18-10-3-1-9(2-4-10)11(23)7-21-13(24)5-6-20(17(21)26)16-14(19)15(25)12(8-22)27-16/h1-6,12,14-16,22,25H,7-8H2/t12-,14-,15-,16-/m0/s1. The predicted octanol–water partition coefficient (Wildman–Crippen LogP) is -0.379. The maximum Gasteiger partial charge on any atom is 0.333 e. The number of ketones is 1. The van der Waals surface area contributed by atoms with E-state index in [2.05, 4.69) is 0 Å². The molecule has 1 fully saturated rings. The van der Waals surface area contributed by atoms with Crippen LogP contribution in [0.25, 0.3) is 0 Å². The predicted molar refractivity (Wildman–Crippen MR) is 87.6 cm³/mol. The number of carbonyl (C=O) groups excluding carboxylic acids is 1. The third kappa shape index (κ3) is 3.59. The molecule has 0 radical (unpaired) electrons. The summed E-state index contributed by atoms with van der Waals surface area (Å²) >= 11 is 0. The lowest BCUT2D eigenvalue weighted by Crippen LogP contribution is -2.43. The number of benzene rings is 1. The van der Waals surface area contributed by atoms with Crippen molar-refractivity contribution < 1.29 is 28.5 Å². The van der Waals surface area contributed by atoms with Crippen molar-refractivity contribution in [3.63, 3.8) is 0 Å². The highest BCUT2D eigenvalue weighted by atomic mass is 19.1. The molecule has 144 valence electrons. The highest BCUT2D eigenvalue weighted by Crippen LogP contribution is 2.30. The van der Waals surface area contributed by atoms with Crippen LogP contribution in [0.5, 0.6) is 0 Å². The number of Topliss-reactive ketones (excluding diaryl/α,β-unsaturated/α-hetero) is 1. The zero-order chi connectivity index (χ0) is 19.7. The summed E-state index contributed by atoms with van der Waals surface area (Å²) in [5.41, 5.74) is -1.72. The van der Waals surface area contributed by atoms with Crippen LogP contribution in [0.2, 0.25) is 0 Å². The van der Waals surface area contributed by atoms with E-state index in [0.717, 1.165) is 29.0 Å². The fourth-order valence-corrected chi connectivity index (χ4v) is 2.82. The van der Waals surface area contributed by atoms with Gasteiger partial charge in [-0.25, -0.2) is 13.6 Å². The molecule has 1 aliphatic heterocycles. The van der Waals surface area contributed by atoms with E-state index in [9.17, 15) is 28.3 Å². The van der Waals surface area contributed by atoms with Gasteiger partial charge < -0.3 is 14.9 Å². The molecule has 3 rings (SSSR count). The van der Waals surface area contributed by atoms with Gasteiger partial charge in [0.05, 0.1) is 13.2 Å². The molecule has 0 unspecified atom stereocenters. The van der Waals surface area contributed by atoms with Gasteiger partial charge in [-0.3, -0.25) is 18.7 Å². The smallest absolute Gasteiger partial charge is 0.333 e. The van der Waals surface area contributed by atoms with Crippen molar-refractivity contribution in [1.29, 1.82) is 0 Å². The Hall–Kier alpha value is -2.69. The van der Waals surface area contributed by atoms with E-state index in [1.807, 2.05) is 0 Å². The number of alkyl halides is 1. The SMILES string of the molecule is O=C(Cn1c(=O)ccn([C@H]2O[C@@H](CO)[C@H](O)[C@@H]2F)c1=O)c1ccc(F)cc1. The Balaban J connectivity index is 1.93. The lowest BCUT2D eigenvalue weighted by atomic mass is 10.1. The van der Waals surface area contributed by atoms with Gasteiger partial charge in [-0.05, 0) is 24.3 Å². The number of ether oxygens (including phenoxy) is 1. The first kappa shape index (κ1) is 19.1. The molecule has 2 heterocycles. The van der Waals surface area contributed by atoms with Gasteiger partial charge >= 0.3 is 5.69 Å².